The number of aliphatic hydroxyl groups is 1. The maximum atomic E-state index is 10.3. The molecule has 0 radical (unpaired) electrons. The summed E-state index contributed by atoms with van der Waals surface area (Å²) < 4.78 is 0. The molecule has 0 aromatic heterocycles. The minimum Gasteiger partial charge on any atom is -0.393 e. The van der Waals surface area contributed by atoms with Crippen molar-refractivity contribution < 1.29 is 9.90 Å². The largest absolute Gasteiger partial charge is 0.393 e. The summed E-state index contributed by atoms with van der Waals surface area (Å²) in [4.78, 5) is 10.3. The molecule has 0 aliphatic carbocycles. The van der Waals surface area contributed by atoms with E-state index in [-0.39, 0.29) is 6.10 Å². The summed E-state index contributed by atoms with van der Waals surface area (Å²) in [6, 6.07) is 7.22. The molecular formula is C10H12O2. The van der Waals surface area contributed by atoms with Crippen molar-refractivity contribution in [2.75, 3.05) is 0 Å². The van der Waals surface area contributed by atoms with Gasteiger partial charge in [0.05, 0.1) is 6.10 Å². The topological polar surface area (TPSA) is 37.3 Å². The SMILES string of the molecule is C[C@H](O)Cc1ccc(C=O)cc1. The van der Waals surface area contributed by atoms with E-state index in [1.165, 1.54) is 0 Å². The predicted molar refractivity (Wildman–Crippen MR) is 47.2 cm³/mol. The Labute approximate surface area is 71.8 Å². The Balaban J connectivity index is 2.71. The first-order valence-corrected chi connectivity index (χ1v) is 3.94. The first-order valence-electron chi connectivity index (χ1n) is 3.94. The van der Waals surface area contributed by atoms with Gasteiger partial charge in [0.1, 0.15) is 6.29 Å². The lowest BCUT2D eigenvalue weighted by Gasteiger charge is -2.03. The van der Waals surface area contributed by atoms with E-state index >= 15 is 0 Å². The summed E-state index contributed by atoms with van der Waals surface area (Å²) >= 11 is 0. The molecule has 64 valence electrons. The lowest BCUT2D eigenvalue weighted by Crippen LogP contribution is -2.03. The van der Waals surface area contributed by atoms with Crippen LogP contribution in [0.15, 0.2) is 24.3 Å². The molecule has 0 unspecified atom stereocenters. The number of benzene rings is 1. The predicted octanol–water partition coefficient (Wildman–Crippen LogP) is 1.42. The molecule has 1 aromatic rings. The Morgan fingerprint density at radius 2 is 2.00 bits per heavy atom. The van der Waals surface area contributed by atoms with Crippen molar-refractivity contribution in [2.45, 2.75) is 19.4 Å². The number of carbonyl (C=O) groups excluding carboxylic acids is 1. The first kappa shape index (κ1) is 8.94. The smallest absolute Gasteiger partial charge is 0.150 e. The van der Waals surface area contributed by atoms with Crippen molar-refractivity contribution in [3.05, 3.63) is 35.4 Å². The highest BCUT2D eigenvalue weighted by Gasteiger charge is 1.98. The van der Waals surface area contributed by atoms with Crippen LogP contribution in [0, 0.1) is 0 Å². The zero-order valence-electron chi connectivity index (χ0n) is 7.03. The Morgan fingerprint density at radius 1 is 1.42 bits per heavy atom. The molecule has 0 aliphatic heterocycles. The summed E-state index contributed by atoms with van der Waals surface area (Å²) in [6.07, 6.45) is 1.12. The third kappa shape index (κ3) is 2.47. The molecule has 2 nitrogen and oxygen atoms in total. The average Bonchev–Trinajstić information content (AvgIpc) is 2.05. The number of aldehydes is 1. The zero-order chi connectivity index (χ0) is 8.97. The number of hydrogen-bond acceptors (Lipinski definition) is 2. The fourth-order valence-electron chi connectivity index (χ4n) is 1.07. The fraction of sp³-hybridized carbons (Fsp3) is 0.300. The average molecular weight is 164 g/mol. The van der Waals surface area contributed by atoms with Gasteiger partial charge in [-0.25, -0.2) is 0 Å². The van der Waals surface area contributed by atoms with E-state index in [1.807, 2.05) is 12.1 Å². The molecule has 1 N–H and O–H groups in total. The standard InChI is InChI=1S/C10H12O2/c1-8(12)6-9-2-4-10(7-11)5-3-9/h2-5,7-8,12H,6H2,1H3/t8-/m0/s1. The van der Waals surface area contributed by atoms with Crippen LogP contribution in [0.4, 0.5) is 0 Å². The Hall–Kier alpha value is -1.15. The van der Waals surface area contributed by atoms with Gasteiger partial charge in [0.25, 0.3) is 0 Å². The van der Waals surface area contributed by atoms with Crippen molar-refractivity contribution in [2.24, 2.45) is 0 Å². The third-order valence-electron chi connectivity index (χ3n) is 1.65. The van der Waals surface area contributed by atoms with Gasteiger partial charge in [-0.05, 0) is 18.9 Å². The maximum absolute atomic E-state index is 10.3. The van der Waals surface area contributed by atoms with Crippen LogP contribution in [0.3, 0.4) is 0 Å². The number of aliphatic hydroxyl groups excluding tert-OH is 1. The molecule has 0 heterocycles. The van der Waals surface area contributed by atoms with Gasteiger partial charge in [-0.1, -0.05) is 24.3 Å². The van der Waals surface area contributed by atoms with E-state index in [0.717, 1.165) is 11.8 Å². The maximum Gasteiger partial charge on any atom is 0.150 e. The van der Waals surface area contributed by atoms with Gasteiger partial charge in [0.15, 0.2) is 0 Å². The van der Waals surface area contributed by atoms with E-state index in [0.29, 0.717) is 12.0 Å². The molecule has 2 heteroatoms. The van der Waals surface area contributed by atoms with Gasteiger partial charge >= 0.3 is 0 Å². The quantitative estimate of drug-likeness (QED) is 0.686. The summed E-state index contributed by atoms with van der Waals surface area (Å²) in [5, 5.41) is 9.06. The van der Waals surface area contributed by atoms with Crippen LogP contribution >= 0.6 is 0 Å². The molecule has 1 aromatic carbocycles. The second kappa shape index (κ2) is 4.02. The van der Waals surface area contributed by atoms with E-state index < -0.39 is 0 Å². The second-order valence-corrected chi connectivity index (χ2v) is 2.91. The Bertz CT molecular complexity index is 249. The van der Waals surface area contributed by atoms with Crippen molar-refractivity contribution in [3.63, 3.8) is 0 Å². The van der Waals surface area contributed by atoms with Gasteiger partial charge in [-0.3, -0.25) is 4.79 Å². The van der Waals surface area contributed by atoms with Gasteiger partial charge in [-0.15, -0.1) is 0 Å². The first-order chi connectivity index (χ1) is 5.72. The van der Waals surface area contributed by atoms with Gasteiger partial charge in [-0.2, -0.15) is 0 Å². The molecular weight excluding hydrogens is 152 g/mol. The molecule has 0 aliphatic rings. The summed E-state index contributed by atoms with van der Waals surface area (Å²) in [7, 11) is 0. The van der Waals surface area contributed by atoms with Gasteiger partial charge in [0, 0.05) is 5.56 Å². The molecule has 0 saturated heterocycles. The Kier molecular flexibility index (Phi) is 3.00. The van der Waals surface area contributed by atoms with Crippen LogP contribution in [-0.4, -0.2) is 17.5 Å². The van der Waals surface area contributed by atoms with Crippen LogP contribution < -0.4 is 0 Å². The molecule has 0 spiro atoms. The molecule has 12 heavy (non-hydrogen) atoms. The lowest BCUT2D eigenvalue weighted by molar-refractivity contribution is 0.112. The van der Waals surface area contributed by atoms with Crippen LogP contribution in [0.2, 0.25) is 0 Å². The van der Waals surface area contributed by atoms with Crippen molar-refractivity contribution in [3.8, 4) is 0 Å². The highest BCUT2D eigenvalue weighted by atomic mass is 16.3. The van der Waals surface area contributed by atoms with E-state index in [4.69, 9.17) is 5.11 Å². The highest BCUT2D eigenvalue weighted by molar-refractivity contribution is 5.74. The lowest BCUT2D eigenvalue weighted by atomic mass is 10.1. The summed E-state index contributed by atoms with van der Waals surface area (Å²) in [6.45, 7) is 1.74. The van der Waals surface area contributed by atoms with Crippen molar-refractivity contribution >= 4 is 6.29 Å². The molecule has 1 rings (SSSR count). The minimum atomic E-state index is -0.327. The van der Waals surface area contributed by atoms with Crippen LogP contribution in [0.5, 0.6) is 0 Å². The van der Waals surface area contributed by atoms with Gasteiger partial charge < -0.3 is 5.11 Å². The number of rotatable bonds is 3. The normalized spacial score (nSPS) is 12.5. The monoisotopic (exact) mass is 164 g/mol. The van der Waals surface area contributed by atoms with E-state index in [1.54, 1.807) is 19.1 Å². The van der Waals surface area contributed by atoms with E-state index in [9.17, 15) is 4.79 Å². The van der Waals surface area contributed by atoms with E-state index in [2.05, 4.69) is 0 Å². The van der Waals surface area contributed by atoms with Crippen molar-refractivity contribution in [1.29, 1.82) is 0 Å². The second-order valence-electron chi connectivity index (χ2n) is 2.91. The Morgan fingerprint density at radius 3 is 2.42 bits per heavy atom. The summed E-state index contributed by atoms with van der Waals surface area (Å²) in [5.41, 5.74) is 1.72. The van der Waals surface area contributed by atoms with Gasteiger partial charge in [0.2, 0.25) is 0 Å². The molecule has 0 bridgehead atoms. The van der Waals surface area contributed by atoms with Crippen LogP contribution in [0.1, 0.15) is 22.8 Å². The summed E-state index contributed by atoms with van der Waals surface area (Å²) in [5.74, 6) is 0. The minimum absolute atomic E-state index is 0.327. The molecule has 0 saturated carbocycles. The zero-order valence-corrected chi connectivity index (χ0v) is 7.03. The fourth-order valence-corrected chi connectivity index (χ4v) is 1.07. The van der Waals surface area contributed by atoms with Crippen LogP contribution in [0.25, 0.3) is 0 Å². The molecule has 0 fully saturated rings. The number of carbonyl (C=O) groups is 1. The van der Waals surface area contributed by atoms with Crippen LogP contribution in [-0.2, 0) is 6.42 Å². The van der Waals surface area contributed by atoms with Crippen molar-refractivity contribution in [1.82, 2.24) is 0 Å². The third-order valence-corrected chi connectivity index (χ3v) is 1.65. The molecule has 1 atom stereocenters. The molecule has 0 amide bonds. The highest BCUT2D eigenvalue weighted by Crippen LogP contribution is 2.05. The number of hydrogen-bond donors (Lipinski definition) is 1.